The van der Waals surface area contributed by atoms with Crippen molar-refractivity contribution in [1.82, 2.24) is 4.72 Å². The topological polar surface area (TPSA) is 64.6 Å². The van der Waals surface area contributed by atoms with E-state index in [1.165, 1.54) is 19.2 Å². The number of hydrogen-bond acceptors (Lipinski definition) is 4. The van der Waals surface area contributed by atoms with Crippen molar-refractivity contribution < 1.29 is 17.9 Å². The van der Waals surface area contributed by atoms with Gasteiger partial charge in [0.15, 0.2) is 0 Å². The van der Waals surface area contributed by atoms with Gasteiger partial charge in [0.05, 0.1) is 19.1 Å². The average molecular weight is 321 g/mol. The van der Waals surface area contributed by atoms with Gasteiger partial charge in [0.1, 0.15) is 11.5 Å². The van der Waals surface area contributed by atoms with Gasteiger partial charge in [0, 0.05) is 6.04 Å². The molecule has 2 aromatic rings. The fourth-order valence-electron chi connectivity index (χ4n) is 2.02. The van der Waals surface area contributed by atoms with Crippen molar-refractivity contribution in [3.63, 3.8) is 0 Å². The van der Waals surface area contributed by atoms with Crippen molar-refractivity contribution in [2.75, 3.05) is 14.2 Å². The third-order valence-electron chi connectivity index (χ3n) is 3.32. The highest BCUT2D eigenvalue weighted by molar-refractivity contribution is 7.89. The van der Waals surface area contributed by atoms with Crippen molar-refractivity contribution >= 4 is 10.0 Å². The molecule has 1 N–H and O–H groups in total. The zero-order valence-electron chi connectivity index (χ0n) is 12.7. The maximum atomic E-state index is 12.4. The van der Waals surface area contributed by atoms with E-state index in [0.717, 1.165) is 11.3 Å². The molecule has 0 bridgehead atoms. The van der Waals surface area contributed by atoms with Gasteiger partial charge in [-0.2, -0.15) is 0 Å². The summed E-state index contributed by atoms with van der Waals surface area (Å²) in [5.41, 5.74) is 0.859. The average Bonchev–Trinajstić information content (AvgIpc) is 2.54. The van der Waals surface area contributed by atoms with Crippen molar-refractivity contribution in [3.05, 3.63) is 54.1 Å². The summed E-state index contributed by atoms with van der Waals surface area (Å²) in [4.78, 5) is 0.202. The second-order valence-electron chi connectivity index (χ2n) is 4.79. The molecule has 0 saturated carbocycles. The number of benzene rings is 2. The van der Waals surface area contributed by atoms with Gasteiger partial charge >= 0.3 is 0 Å². The molecule has 1 unspecified atom stereocenters. The summed E-state index contributed by atoms with van der Waals surface area (Å²) in [5, 5.41) is 0. The van der Waals surface area contributed by atoms with E-state index in [2.05, 4.69) is 4.72 Å². The van der Waals surface area contributed by atoms with E-state index in [1.807, 2.05) is 12.1 Å². The summed E-state index contributed by atoms with van der Waals surface area (Å²) in [6.45, 7) is 1.79. The highest BCUT2D eigenvalue weighted by atomic mass is 32.2. The molecule has 0 fully saturated rings. The first-order valence-corrected chi connectivity index (χ1v) is 8.25. The molecule has 0 aliphatic heterocycles. The molecule has 0 aliphatic rings. The van der Waals surface area contributed by atoms with Crippen molar-refractivity contribution in [2.24, 2.45) is 0 Å². The van der Waals surface area contributed by atoms with Gasteiger partial charge in [0.25, 0.3) is 0 Å². The second-order valence-corrected chi connectivity index (χ2v) is 6.51. The summed E-state index contributed by atoms with van der Waals surface area (Å²) in [5.74, 6) is 1.34. The molecule has 22 heavy (non-hydrogen) atoms. The number of rotatable bonds is 6. The zero-order chi connectivity index (χ0) is 16.2. The molecule has 118 valence electrons. The Balaban J connectivity index is 2.15. The second kappa shape index (κ2) is 6.81. The van der Waals surface area contributed by atoms with Crippen LogP contribution in [-0.4, -0.2) is 22.6 Å². The minimum absolute atomic E-state index is 0.202. The number of sulfonamides is 1. The number of nitrogens with one attached hydrogen (secondary N) is 1. The third kappa shape index (κ3) is 3.78. The van der Waals surface area contributed by atoms with Crippen LogP contribution in [0.5, 0.6) is 11.5 Å². The Bertz CT molecular complexity index is 709. The van der Waals surface area contributed by atoms with E-state index < -0.39 is 10.0 Å². The first-order valence-electron chi connectivity index (χ1n) is 6.76. The molecular formula is C16H19NO4S. The maximum absolute atomic E-state index is 12.4. The summed E-state index contributed by atoms with van der Waals surface area (Å²) in [6, 6.07) is 13.2. The molecule has 0 saturated heterocycles. The molecular weight excluding hydrogens is 302 g/mol. The van der Waals surface area contributed by atoms with Crippen LogP contribution in [0.4, 0.5) is 0 Å². The Morgan fingerprint density at radius 2 is 1.32 bits per heavy atom. The summed E-state index contributed by atoms with van der Waals surface area (Å²) >= 11 is 0. The predicted molar refractivity (Wildman–Crippen MR) is 84.7 cm³/mol. The quantitative estimate of drug-likeness (QED) is 0.888. The molecule has 0 radical (unpaired) electrons. The van der Waals surface area contributed by atoms with Gasteiger partial charge in [-0.05, 0) is 48.9 Å². The molecule has 0 aromatic heterocycles. The van der Waals surface area contributed by atoms with Gasteiger partial charge in [-0.3, -0.25) is 0 Å². The van der Waals surface area contributed by atoms with Crippen LogP contribution in [0, 0.1) is 0 Å². The van der Waals surface area contributed by atoms with Crippen molar-refractivity contribution in [3.8, 4) is 11.5 Å². The Hall–Kier alpha value is -2.05. The standard InChI is InChI=1S/C16H19NO4S/c1-12(13-4-6-14(20-2)7-5-13)17-22(18,19)16-10-8-15(21-3)9-11-16/h4-12,17H,1-3H3. The lowest BCUT2D eigenvalue weighted by Gasteiger charge is -2.15. The number of ether oxygens (including phenoxy) is 2. The highest BCUT2D eigenvalue weighted by Crippen LogP contribution is 2.21. The largest absolute Gasteiger partial charge is 0.497 e. The number of methoxy groups -OCH3 is 2. The first-order chi connectivity index (χ1) is 10.5. The van der Waals surface area contributed by atoms with E-state index >= 15 is 0 Å². The summed E-state index contributed by atoms with van der Waals surface area (Å²) < 4.78 is 37.5. The van der Waals surface area contributed by atoms with E-state index in [1.54, 1.807) is 38.3 Å². The van der Waals surface area contributed by atoms with Gasteiger partial charge in [-0.1, -0.05) is 12.1 Å². The summed E-state index contributed by atoms with van der Waals surface area (Å²) in [6.07, 6.45) is 0. The maximum Gasteiger partial charge on any atom is 0.241 e. The highest BCUT2D eigenvalue weighted by Gasteiger charge is 2.18. The molecule has 1 atom stereocenters. The molecule has 0 spiro atoms. The van der Waals surface area contributed by atoms with E-state index in [-0.39, 0.29) is 10.9 Å². The third-order valence-corrected chi connectivity index (χ3v) is 4.87. The minimum Gasteiger partial charge on any atom is -0.497 e. The first kappa shape index (κ1) is 16.3. The molecule has 6 heteroatoms. The SMILES string of the molecule is COc1ccc(C(C)NS(=O)(=O)c2ccc(OC)cc2)cc1. The van der Waals surface area contributed by atoms with Gasteiger partial charge in [0.2, 0.25) is 10.0 Å². The Labute approximate surface area is 130 Å². The van der Waals surface area contributed by atoms with E-state index in [0.29, 0.717) is 5.75 Å². The molecule has 0 amide bonds. The lowest BCUT2D eigenvalue weighted by Crippen LogP contribution is -2.26. The van der Waals surface area contributed by atoms with E-state index in [4.69, 9.17) is 9.47 Å². The van der Waals surface area contributed by atoms with Crippen LogP contribution in [0.1, 0.15) is 18.5 Å². The Kier molecular flexibility index (Phi) is 5.05. The van der Waals surface area contributed by atoms with Crippen LogP contribution in [-0.2, 0) is 10.0 Å². The number of hydrogen-bond donors (Lipinski definition) is 1. The van der Waals surface area contributed by atoms with Gasteiger partial charge < -0.3 is 9.47 Å². The van der Waals surface area contributed by atoms with Crippen molar-refractivity contribution in [2.45, 2.75) is 17.9 Å². The van der Waals surface area contributed by atoms with Crippen LogP contribution < -0.4 is 14.2 Å². The van der Waals surface area contributed by atoms with Gasteiger partial charge in [-0.25, -0.2) is 13.1 Å². The fraction of sp³-hybridized carbons (Fsp3) is 0.250. The normalized spacial score (nSPS) is 12.7. The molecule has 0 aliphatic carbocycles. The smallest absolute Gasteiger partial charge is 0.241 e. The lowest BCUT2D eigenvalue weighted by molar-refractivity contribution is 0.414. The lowest BCUT2D eigenvalue weighted by atomic mass is 10.1. The van der Waals surface area contributed by atoms with Gasteiger partial charge in [-0.15, -0.1) is 0 Å². The monoisotopic (exact) mass is 321 g/mol. The Morgan fingerprint density at radius 3 is 1.77 bits per heavy atom. The van der Waals surface area contributed by atoms with Crippen LogP contribution in [0.3, 0.4) is 0 Å². The van der Waals surface area contributed by atoms with E-state index in [9.17, 15) is 8.42 Å². The minimum atomic E-state index is -3.59. The fourth-order valence-corrected chi connectivity index (χ4v) is 3.25. The predicted octanol–water partition coefficient (Wildman–Crippen LogP) is 2.74. The van der Waals surface area contributed by atoms with Crippen molar-refractivity contribution in [1.29, 1.82) is 0 Å². The van der Waals surface area contributed by atoms with Crippen LogP contribution in [0.15, 0.2) is 53.4 Å². The summed E-state index contributed by atoms with van der Waals surface area (Å²) in [7, 11) is -0.462. The molecule has 2 aromatic carbocycles. The molecule has 2 rings (SSSR count). The Morgan fingerprint density at radius 1 is 0.864 bits per heavy atom. The van der Waals surface area contributed by atoms with Crippen LogP contribution >= 0.6 is 0 Å². The zero-order valence-corrected chi connectivity index (χ0v) is 13.6. The van der Waals surface area contributed by atoms with Crippen LogP contribution in [0.25, 0.3) is 0 Å². The molecule has 0 heterocycles. The molecule has 5 nitrogen and oxygen atoms in total. The van der Waals surface area contributed by atoms with Crippen LogP contribution in [0.2, 0.25) is 0 Å².